The maximum atomic E-state index is 13.6. The number of aromatic nitrogens is 1. The summed E-state index contributed by atoms with van der Waals surface area (Å²) in [5.41, 5.74) is 2.79. The Morgan fingerprint density at radius 2 is 1.63 bits per heavy atom. The highest BCUT2D eigenvalue weighted by Gasteiger charge is 2.30. The van der Waals surface area contributed by atoms with Gasteiger partial charge in [0.15, 0.2) is 0 Å². The number of hydrogen-bond acceptors (Lipinski definition) is 4. The molecule has 0 unspecified atom stereocenters. The molecule has 0 saturated carbocycles. The lowest BCUT2D eigenvalue weighted by molar-refractivity contribution is 0.0763. The first-order valence-corrected chi connectivity index (χ1v) is 13.2. The number of carbonyl (C=O) groups is 1. The van der Waals surface area contributed by atoms with Crippen LogP contribution in [0, 0.1) is 0 Å². The van der Waals surface area contributed by atoms with Crippen LogP contribution in [0.25, 0.3) is 10.8 Å². The first-order chi connectivity index (χ1) is 17.0. The van der Waals surface area contributed by atoms with Gasteiger partial charge in [-0.15, -0.1) is 0 Å². The van der Waals surface area contributed by atoms with Crippen molar-refractivity contribution in [2.75, 3.05) is 26.2 Å². The van der Waals surface area contributed by atoms with Gasteiger partial charge in [-0.2, -0.15) is 4.31 Å². The number of pyridine rings is 1. The fourth-order valence-corrected chi connectivity index (χ4v) is 6.35. The predicted molar refractivity (Wildman–Crippen MR) is 137 cm³/mol. The van der Waals surface area contributed by atoms with Gasteiger partial charge in [0.25, 0.3) is 5.91 Å². The molecule has 1 aromatic heterocycles. The van der Waals surface area contributed by atoms with Crippen LogP contribution in [0.2, 0.25) is 0 Å². The summed E-state index contributed by atoms with van der Waals surface area (Å²) < 4.78 is 28.6. The molecule has 0 aliphatic carbocycles. The molecule has 35 heavy (non-hydrogen) atoms. The SMILES string of the molecule is O=C(c1ccccc1Cc1ccccc1)N1CCCN(S(=O)(=O)c2cccc3cnccc23)CC1. The Bertz CT molecular complexity index is 1450. The van der Waals surface area contributed by atoms with E-state index >= 15 is 0 Å². The van der Waals surface area contributed by atoms with Crippen molar-refractivity contribution in [1.82, 2.24) is 14.2 Å². The third-order valence-corrected chi connectivity index (χ3v) is 8.44. The summed E-state index contributed by atoms with van der Waals surface area (Å²) in [6.07, 6.45) is 4.53. The molecule has 4 aromatic rings. The van der Waals surface area contributed by atoms with Crippen molar-refractivity contribution in [2.45, 2.75) is 17.7 Å². The summed E-state index contributed by atoms with van der Waals surface area (Å²) >= 11 is 0. The number of rotatable bonds is 5. The van der Waals surface area contributed by atoms with Crippen molar-refractivity contribution in [2.24, 2.45) is 0 Å². The molecule has 6 nitrogen and oxygen atoms in total. The summed E-state index contributed by atoms with van der Waals surface area (Å²) in [5, 5.41) is 1.45. The molecule has 1 fully saturated rings. The number of sulfonamides is 1. The van der Waals surface area contributed by atoms with Crippen molar-refractivity contribution in [3.63, 3.8) is 0 Å². The van der Waals surface area contributed by atoms with Crippen LogP contribution in [0.4, 0.5) is 0 Å². The Hall–Kier alpha value is -3.55. The average Bonchev–Trinajstić information content (AvgIpc) is 3.16. The monoisotopic (exact) mass is 485 g/mol. The minimum atomic E-state index is -3.71. The van der Waals surface area contributed by atoms with E-state index in [0.29, 0.717) is 43.4 Å². The Morgan fingerprint density at radius 3 is 2.49 bits per heavy atom. The molecule has 1 aliphatic rings. The lowest BCUT2D eigenvalue weighted by Gasteiger charge is -2.23. The van der Waals surface area contributed by atoms with Crippen molar-refractivity contribution in [3.05, 3.63) is 108 Å². The summed E-state index contributed by atoms with van der Waals surface area (Å²) in [6.45, 7) is 1.50. The van der Waals surface area contributed by atoms with Gasteiger partial charge in [0.1, 0.15) is 0 Å². The van der Waals surface area contributed by atoms with Crippen LogP contribution in [0.1, 0.15) is 27.9 Å². The Morgan fingerprint density at radius 1 is 0.829 bits per heavy atom. The number of benzene rings is 3. The third-order valence-electron chi connectivity index (χ3n) is 6.49. The fraction of sp³-hybridized carbons (Fsp3) is 0.214. The first-order valence-electron chi connectivity index (χ1n) is 11.8. The van der Waals surface area contributed by atoms with Gasteiger partial charge in [-0.25, -0.2) is 8.42 Å². The molecule has 3 aromatic carbocycles. The second-order valence-corrected chi connectivity index (χ2v) is 10.6. The van der Waals surface area contributed by atoms with Gasteiger partial charge in [-0.1, -0.05) is 60.7 Å². The molecular formula is C28H27N3O3S. The molecule has 0 bridgehead atoms. The largest absolute Gasteiger partial charge is 0.337 e. The molecule has 1 aliphatic heterocycles. The Kier molecular flexibility index (Phi) is 6.61. The molecular weight excluding hydrogens is 458 g/mol. The van der Waals surface area contributed by atoms with Crippen LogP contribution in [-0.2, 0) is 16.4 Å². The first kappa shape index (κ1) is 23.2. The molecule has 5 rings (SSSR count). The standard InChI is InChI=1S/C28H27N3O3S/c32-28(26-12-5-4-10-23(26)20-22-8-2-1-3-9-22)30-16-7-17-31(19-18-30)35(33,34)27-13-6-11-24-21-29-15-14-25(24)27/h1-6,8-15,21H,7,16-20H2. The molecule has 2 heterocycles. The minimum absolute atomic E-state index is 0.0491. The van der Waals surface area contributed by atoms with Crippen LogP contribution in [-0.4, -0.2) is 54.7 Å². The number of carbonyl (C=O) groups excluding carboxylic acids is 1. The molecule has 1 saturated heterocycles. The zero-order valence-corrected chi connectivity index (χ0v) is 20.2. The van der Waals surface area contributed by atoms with Gasteiger partial charge < -0.3 is 4.90 Å². The molecule has 178 valence electrons. The normalized spacial score (nSPS) is 15.1. The van der Waals surface area contributed by atoms with Crippen molar-refractivity contribution in [3.8, 4) is 0 Å². The summed E-state index contributed by atoms with van der Waals surface area (Å²) in [4.78, 5) is 19.7. The highest BCUT2D eigenvalue weighted by molar-refractivity contribution is 7.89. The van der Waals surface area contributed by atoms with E-state index in [4.69, 9.17) is 0 Å². The highest BCUT2D eigenvalue weighted by atomic mass is 32.2. The van der Waals surface area contributed by atoms with Crippen molar-refractivity contribution in [1.29, 1.82) is 0 Å². The van der Waals surface area contributed by atoms with E-state index in [-0.39, 0.29) is 17.3 Å². The maximum Gasteiger partial charge on any atom is 0.254 e. The highest BCUT2D eigenvalue weighted by Crippen LogP contribution is 2.26. The molecule has 0 N–H and O–H groups in total. The topological polar surface area (TPSA) is 70.6 Å². The van der Waals surface area contributed by atoms with E-state index in [1.165, 1.54) is 4.31 Å². The predicted octanol–water partition coefficient (Wildman–Crippen LogP) is 4.36. The van der Waals surface area contributed by atoms with Gasteiger partial charge in [0.05, 0.1) is 4.90 Å². The second kappa shape index (κ2) is 9.98. The number of hydrogen-bond donors (Lipinski definition) is 0. The maximum absolute atomic E-state index is 13.6. The van der Waals surface area contributed by atoms with Crippen molar-refractivity contribution < 1.29 is 13.2 Å². The fourth-order valence-electron chi connectivity index (χ4n) is 4.66. The van der Waals surface area contributed by atoms with Gasteiger partial charge in [0, 0.05) is 54.9 Å². The van der Waals surface area contributed by atoms with Crippen LogP contribution < -0.4 is 0 Å². The second-order valence-electron chi connectivity index (χ2n) is 8.72. The Balaban J connectivity index is 1.35. The number of fused-ring (bicyclic) bond motifs is 1. The van der Waals surface area contributed by atoms with Crippen LogP contribution in [0.5, 0.6) is 0 Å². The van der Waals surface area contributed by atoms with Gasteiger partial charge >= 0.3 is 0 Å². The third kappa shape index (κ3) is 4.83. The minimum Gasteiger partial charge on any atom is -0.337 e. The quantitative estimate of drug-likeness (QED) is 0.421. The van der Waals surface area contributed by atoms with Gasteiger partial charge in [-0.3, -0.25) is 9.78 Å². The lowest BCUT2D eigenvalue weighted by atomic mass is 9.99. The van der Waals surface area contributed by atoms with Gasteiger partial charge in [-0.05, 0) is 42.2 Å². The zero-order chi connectivity index (χ0) is 24.3. The van der Waals surface area contributed by atoms with E-state index in [1.54, 1.807) is 35.5 Å². The summed E-state index contributed by atoms with van der Waals surface area (Å²) in [6, 6.07) is 24.7. The molecule has 7 heteroatoms. The van der Waals surface area contributed by atoms with Crippen LogP contribution in [0.15, 0.2) is 96.2 Å². The van der Waals surface area contributed by atoms with Gasteiger partial charge in [0.2, 0.25) is 10.0 Å². The summed E-state index contributed by atoms with van der Waals surface area (Å²) in [7, 11) is -3.71. The van der Waals surface area contributed by atoms with E-state index in [2.05, 4.69) is 17.1 Å². The molecule has 0 spiro atoms. The van der Waals surface area contributed by atoms with Crippen LogP contribution in [0.3, 0.4) is 0 Å². The molecule has 1 amide bonds. The Labute approximate surface area is 205 Å². The van der Waals surface area contributed by atoms with E-state index in [1.807, 2.05) is 48.5 Å². The van der Waals surface area contributed by atoms with Crippen molar-refractivity contribution >= 4 is 26.7 Å². The smallest absolute Gasteiger partial charge is 0.254 e. The summed E-state index contributed by atoms with van der Waals surface area (Å²) in [5.74, 6) is -0.0491. The molecule has 0 atom stereocenters. The number of amides is 1. The van der Waals surface area contributed by atoms with E-state index < -0.39 is 10.0 Å². The zero-order valence-electron chi connectivity index (χ0n) is 19.4. The average molecular weight is 486 g/mol. The lowest BCUT2D eigenvalue weighted by Crippen LogP contribution is -2.37. The van der Waals surface area contributed by atoms with E-state index in [0.717, 1.165) is 16.5 Å². The van der Waals surface area contributed by atoms with E-state index in [9.17, 15) is 13.2 Å². The molecule has 0 radical (unpaired) electrons. The number of nitrogens with zero attached hydrogens (tertiary/aromatic N) is 3. The van der Waals surface area contributed by atoms with Crippen LogP contribution >= 0.6 is 0 Å².